The molecule has 5 heteroatoms. The molecule has 0 aliphatic carbocycles. The van der Waals surface area contributed by atoms with Crippen LogP contribution in [0.3, 0.4) is 0 Å². The van der Waals surface area contributed by atoms with Gasteiger partial charge in [-0.05, 0) is 6.42 Å². The normalized spacial score (nSPS) is 12.7. The maximum absolute atomic E-state index is 11.0. The van der Waals surface area contributed by atoms with Crippen LogP contribution in [0.1, 0.15) is 26.2 Å². The Balaban J connectivity index is 3.66. The summed E-state index contributed by atoms with van der Waals surface area (Å²) >= 11 is 5.91. The molecule has 86 valence electrons. The van der Waals surface area contributed by atoms with Gasteiger partial charge in [-0.3, -0.25) is 4.79 Å². The topological polar surface area (TPSA) is 66.4 Å². The number of carbonyl (C=O) groups excluding carboxylic acids is 1. The molecule has 0 radical (unpaired) electrons. The van der Waals surface area contributed by atoms with E-state index in [0.717, 1.165) is 31.4 Å². The van der Waals surface area contributed by atoms with Crippen LogP contribution < -0.4 is 5.32 Å². The van der Waals surface area contributed by atoms with Crippen LogP contribution in [0.4, 0.5) is 0 Å². The van der Waals surface area contributed by atoms with E-state index in [1.807, 2.05) is 0 Å². The Morgan fingerprint density at radius 1 is 1.47 bits per heavy atom. The molecule has 0 bridgehead atoms. The molecule has 0 saturated carbocycles. The standard InChI is InChI=1S/C10H16ClNO3/c1-2-3-4-8(11)7-12-9(13)5-6-10(14)15/h5-6,8H,2-4,7H2,1H3,(H,12,13)(H,14,15)/b6-5+. The predicted octanol–water partition coefficient (Wildman–Crippen LogP) is 1.54. The van der Waals surface area contributed by atoms with Crippen molar-refractivity contribution in [3.8, 4) is 0 Å². The molecule has 0 aromatic heterocycles. The number of nitrogens with one attached hydrogen (secondary N) is 1. The van der Waals surface area contributed by atoms with E-state index in [4.69, 9.17) is 16.7 Å². The molecule has 0 rings (SSSR count). The van der Waals surface area contributed by atoms with Crippen molar-refractivity contribution < 1.29 is 14.7 Å². The van der Waals surface area contributed by atoms with E-state index in [0.29, 0.717) is 6.54 Å². The number of hydrogen-bond acceptors (Lipinski definition) is 2. The van der Waals surface area contributed by atoms with Crippen LogP contribution >= 0.6 is 11.6 Å². The molecule has 0 aliphatic rings. The summed E-state index contributed by atoms with van der Waals surface area (Å²) in [4.78, 5) is 21.1. The van der Waals surface area contributed by atoms with Gasteiger partial charge in [0.25, 0.3) is 0 Å². The second kappa shape index (κ2) is 8.29. The van der Waals surface area contributed by atoms with Gasteiger partial charge < -0.3 is 10.4 Å². The molecule has 1 unspecified atom stereocenters. The summed E-state index contributed by atoms with van der Waals surface area (Å²) < 4.78 is 0. The van der Waals surface area contributed by atoms with Gasteiger partial charge >= 0.3 is 5.97 Å². The number of rotatable bonds is 7. The van der Waals surface area contributed by atoms with E-state index in [-0.39, 0.29) is 5.38 Å². The summed E-state index contributed by atoms with van der Waals surface area (Å²) in [6, 6.07) is 0. The Bertz CT molecular complexity index is 241. The van der Waals surface area contributed by atoms with Crippen molar-refractivity contribution in [2.24, 2.45) is 0 Å². The molecule has 0 spiro atoms. The number of halogens is 1. The fraction of sp³-hybridized carbons (Fsp3) is 0.600. The maximum atomic E-state index is 11.0. The summed E-state index contributed by atoms with van der Waals surface area (Å²) in [7, 11) is 0. The molecule has 0 saturated heterocycles. The zero-order chi connectivity index (χ0) is 11.7. The first-order chi connectivity index (χ1) is 7.06. The van der Waals surface area contributed by atoms with E-state index >= 15 is 0 Å². The highest BCUT2D eigenvalue weighted by Crippen LogP contribution is 2.05. The molecule has 0 fully saturated rings. The van der Waals surface area contributed by atoms with Gasteiger partial charge in [-0.1, -0.05) is 19.8 Å². The highest BCUT2D eigenvalue weighted by Gasteiger charge is 2.04. The Hall–Kier alpha value is -1.03. The van der Waals surface area contributed by atoms with Gasteiger partial charge in [-0.15, -0.1) is 11.6 Å². The first kappa shape index (κ1) is 14.0. The predicted molar refractivity (Wildman–Crippen MR) is 59.0 cm³/mol. The molecular weight excluding hydrogens is 218 g/mol. The number of alkyl halides is 1. The lowest BCUT2D eigenvalue weighted by Gasteiger charge is -2.08. The van der Waals surface area contributed by atoms with Gasteiger partial charge in [-0.2, -0.15) is 0 Å². The highest BCUT2D eigenvalue weighted by atomic mass is 35.5. The molecule has 1 amide bonds. The summed E-state index contributed by atoms with van der Waals surface area (Å²) in [5, 5.41) is 10.7. The van der Waals surface area contributed by atoms with E-state index < -0.39 is 11.9 Å². The quantitative estimate of drug-likeness (QED) is 0.518. The number of hydrogen-bond donors (Lipinski definition) is 2. The first-order valence-corrected chi connectivity index (χ1v) is 5.32. The number of carboxylic acids is 1. The molecule has 0 aromatic carbocycles. The van der Waals surface area contributed by atoms with E-state index in [1.54, 1.807) is 0 Å². The third kappa shape index (κ3) is 9.28. The summed E-state index contributed by atoms with van der Waals surface area (Å²) in [5.74, 6) is -1.57. The van der Waals surface area contributed by atoms with E-state index in [1.165, 1.54) is 0 Å². The lowest BCUT2D eigenvalue weighted by Crippen LogP contribution is -2.28. The Morgan fingerprint density at radius 3 is 2.67 bits per heavy atom. The number of unbranched alkanes of at least 4 members (excludes halogenated alkanes) is 1. The Kier molecular flexibility index (Phi) is 7.72. The average Bonchev–Trinajstić information content (AvgIpc) is 2.20. The van der Waals surface area contributed by atoms with Crippen LogP contribution in [-0.2, 0) is 9.59 Å². The van der Waals surface area contributed by atoms with Crippen LogP contribution in [0, 0.1) is 0 Å². The van der Waals surface area contributed by atoms with Crippen LogP contribution in [0.25, 0.3) is 0 Å². The van der Waals surface area contributed by atoms with Gasteiger partial charge in [0.2, 0.25) is 5.91 Å². The largest absolute Gasteiger partial charge is 0.478 e. The van der Waals surface area contributed by atoms with Crippen LogP contribution in [0.2, 0.25) is 0 Å². The van der Waals surface area contributed by atoms with Crippen LogP contribution in [0.5, 0.6) is 0 Å². The van der Waals surface area contributed by atoms with Crippen molar-refractivity contribution in [3.05, 3.63) is 12.2 Å². The minimum Gasteiger partial charge on any atom is -0.478 e. The van der Waals surface area contributed by atoms with Gasteiger partial charge in [0.15, 0.2) is 0 Å². The molecule has 2 N–H and O–H groups in total. The molecule has 15 heavy (non-hydrogen) atoms. The van der Waals surface area contributed by atoms with E-state index in [9.17, 15) is 9.59 Å². The number of amides is 1. The van der Waals surface area contributed by atoms with Crippen LogP contribution in [0.15, 0.2) is 12.2 Å². The monoisotopic (exact) mass is 233 g/mol. The van der Waals surface area contributed by atoms with Gasteiger partial charge in [-0.25, -0.2) is 4.79 Å². The number of carbonyl (C=O) groups is 2. The van der Waals surface area contributed by atoms with Crippen molar-refractivity contribution in [2.75, 3.05) is 6.54 Å². The first-order valence-electron chi connectivity index (χ1n) is 4.89. The second-order valence-electron chi connectivity index (χ2n) is 3.16. The van der Waals surface area contributed by atoms with Crippen molar-refractivity contribution in [1.29, 1.82) is 0 Å². The van der Waals surface area contributed by atoms with Crippen molar-refractivity contribution in [1.82, 2.24) is 5.32 Å². The van der Waals surface area contributed by atoms with Crippen LogP contribution in [-0.4, -0.2) is 28.9 Å². The van der Waals surface area contributed by atoms with Gasteiger partial charge in [0.05, 0.1) is 5.38 Å². The second-order valence-corrected chi connectivity index (χ2v) is 3.77. The van der Waals surface area contributed by atoms with Crippen molar-refractivity contribution >= 4 is 23.5 Å². The zero-order valence-electron chi connectivity index (χ0n) is 8.70. The Morgan fingerprint density at radius 2 is 2.13 bits per heavy atom. The third-order valence-corrected chi connectivity index (χ3v) is 2.12. The molecule has 0 heterocycles. The maximum Gasteiger partial charge on any atom is 0.328 e. The molecule has 0 aliphatic heterocycles. The smallest absolute Gasteiger partial charge is 0.328 e. The molecule has 0 aromatic rings. The van der Waals surface area contributed by atoms with Gasteiger partial charge in [0.1, 0.15) is 0 Å². The lowest BCUT2D eigenvalue weighted by atomic mass is 10.2. The number of carboxylic acid groups (broad SMARTS) is 1. The lowest BCUT2D eigenvalue weighted by molar-refractivity contribution is -0.131. The zero-order valence-corrected chi connectivity index (χ0v) is 9.46. The summed E-state index contributed by atoms with van der Waals surface area (Å²) in [6.07, 6.45) is 4.71. The minimum atomic E-state index is -1.14. The fourth-order valence-electron chi connectivity index (χ4n) is 0.945. The molecule has 4 nitrogen and oxygen atoms in total. The SMILES string of the molecule is CCCCC(Cl)CNC(=O)/C=C/C(=O)O. The third-order valence-electron chi connectivity index (χ3n) is 1.75. The number of aliphatic carboxylic acids is 1. The molecular formula is C10H16ClNO3. The summed E-state index contributed by atoms with van der Waals surface area (Å²) in [5.41, 5.74) is 0. The highest BCUT2D eigenvalue weighted by molar-refractivity contribution is 6.20. The van der Waals surface area contributed by atoms with Crippen molar-refractivity contribution in [2.45, 2.75) is 31.6 Å². The van der Waals surface area contributed by atoms with E-state index in [2.05, 4.69) is 12.2 Å². The fourth-order valence-corrected chi connectivity index (χ4v) is 1.18. The minimum absolute atomic E-state index is 0.0906. The molecule has 1 atom stereocenters. The Labute approximate surface area is 94.3 Å². The summed E-state index contributed by atoms with van der Waals surface area (Å²) in [6.45, 7) is 2.43. The van der Waals surface area contributed by atoms with Crippen molar-refractivity contribution in [3.63, 3.8) is 0 Å². The average molecular weight is 234 g/mol. The van der Waals surface area contributed by atoms with Gasteiger partial charge in [0, 0.05) is 18.7 Å².